The van der Waals surface area contributed by atoms with Crippen molar-refractivity contribution in [1.29, 1.82) is 0 Å². The third-order valence-electron chi connectivity index (χ3n) is 4.92. The summed E-state index contributed by atoms with van der Waals surface area (Å²) in [7, 11) is 0. The molecule has 1 amide bonds. The van der Waals surface area contributed by atoms with E-state index in [1.807, 2.05) is 4.90 Å². The van der Waals surface area contributed by atoms with E-state index < -0.39 is 5.82 Å². The highest BCUT2D eigenvalue weighted by Crippen LogP contribution is 2.40. The molecule has 0 bridgehead atoms. The highest BCUT2D eigenvalue weighted by Gasteiger charge is 2.49. The van der Waals surface area contributed by atoms with E-state index in [0.29, 0.717) is 5.92 Å². The zero-order valence-corrected chi connectivity index (χ0v) is 13.7. The normalized spacial score (nSPS) is 20.7. The number of halogens is 1. The predicted molar refractivity (Wildman–Crippen MR) is 85.4 cm³/mol. The van der Waals surface area contributed by atoms with Crippen molar-refractivity contribution in [2.75, 3.05) is 32.7 Å². The molecule has 2 heterocycles. The summed E-state index contributed by atoms with van der Waals surface area (Å²) < 4.78 is 13.9. The van der Waals surface area contributed by atoms with Crippen LogP contribution in [-0.4, -0.2) is 48.4 Å². The lowest BCUT2D eigenvalue weighted by Gasteiger charge is -2.48. The number of amides is 1. The average Bonchev–Trinajstić information content (AvgIpc) is 2.80. The van der Waals surface area contributed by atoms with Gasteiger partial charge in [0.15, 0.2) is 0 Å². The van der Waals surface area contributed by atoms with Gasteiger partial charge in [0.2, 0.25) is 0 Å². The van der Waals surface area contributed by atoms with E-state index in [0.717, 1.165) is 44.7 Å². The largest absolute Gasteiger partial charge is 0.337 e. The maximum Gasteiger partial charge on any atom is 0.257 e. The molecule has 2 saturated heterocycles. The summed E-state index contributed by atoms with van der Waals surface area (Å²) in [5.41, 5.74) is 1.22. The first kappa shape index (κ1) is 15.5. The van der Waals surface area contributed by atoms with E-state index in [2.05, 4.69) is 18.7 Å². The molecular formula is C18H25FN2O. The van der Waals surface area contributed by atoms with Crippen LogP contribution in [0.15, 0.2) is 18.2 Å². The molecule has 2 aliphatic rings. The topological polar surface area (TPSA) is 23.6 Å². The summed E-state index contributed by atoms with van der Waals surface area (Å²) in [5, 5.41) is 0. The zero-order chi connectivity index (χ0) is 15.9. The van der Waals surface area contributed by atoms with Crippen LogP contribution in [0.4, 0.5) is 4.39 Å². The van der Waals surface area contributed by atoms with Crippen molar-refractivity contribution < 1.29 is 9.18 Å². The first-order chi connectivity index (χ1) is 10.4. The van der Waals surface area contributed by atoms with Crippen LogP contribution in [0.2, 0.25) is 0 Å². The van der Waals surface area contributed by atoms with Crippen LogP contribution < -0.4 is 0 Å². The van der Waals surface area contributed by atoms with Crippen molar-refractivity contribution in [2.24, 2.45) is 11.3 Å². The Bertz CT molecular complexity index is 558. The van der Waals surface area contributed by atoms with E-state index in [1.54, 1.807) is 19.1 Å². The second kappa shape index (κ2) is 5.65. The van der Waals surface area contributed by atoms with Gasteiger partial charge in [-0.25, -0.2) is 4.39 Å². The molecule has 22 heavy (non-hydrogen) atoms. The van der Waals surface area contributed by atoms with Crippen LogP contribution in [0.25, 0.3) is 0 Å². The van der Waals surface area contributed by atoms with Gasteiger partial charge >= 0.3 is 0 Å². The van der Waals surface area contributed by atoms with Crippen LogP contribution in [0.1, 0.15) is 36.2 Å². The Labute approximate surface area is 132 Å². The van der Waals surface area contributed by atoms with Gasteiger partial charge in [0.25, 0.3) is 5.91 Å². The Balaban J connectivity index is 1.63. The van der Waals surface area contributed by atoms with Crippen LogP contribution >= 0.6 is 0 Å². The molecule has 0 aliphatic carbocycles. The summed E-state index contributed by atoms with van der Waals surface area (Å²) in [5.74, 6) is 0.122. The molecule has 0 unspecified atom stereocenters. The smallest absolute Gasteiger partial charge is 0.257 e. The Morgan fingerprint density at radius 3 is 2.68 bits per heavy atom. The summed E-state index contributed by atoms with van der Waals surface area (Å²) in [6, 6.07) is 4.82. The molecule has 4 heteroatoms. The van der Waals surface area contributed by atoms with Gasteiger partial charge in [0.05, 0.1) is 5.56 Å². The van der Waals surface area contributed by atoms with Gasteiger partial charge < -0.3 is 9.80 Å². The van der Waals surface area contributed by atoms with Crippen molar-refractivity contribution in [3.63, 3.8) is 0 Å². The molecule has 1 spiro atoms. The third kappa shape index (κ3) is 2.76. The third-order valence-corrected chi connectivity index (χ3v) is 4.92. The Hall–Kier alpha value is -1.42. The maximum atomic E-state index is 13.9. The molecule has 0 aromatic heterocycles. The molecule has 0 atom stereocenters. The van der Waals surface area contributed by atoms with Gasteiger partial charge in [0, 0.05) is 31.6 Å². The fourth-order valence-electron chi connectivity index (χ4n) is 3.93. The Kier molecular flexibility index (Phi) is 3.98. The standard InChI is InChI=1S/C18H25FN2O/c1-13(2)9-20-8-7-18(10-20)11-21(12-18)17(22)16-14(3)5-4-6-15(16)19/h4-6,13H,7-12H2,1-3H3. The predicted octanol–water partition coefficient (Wildman–Crippen LogP) is 2.94. The van der Waals surface area contributed by atoms with E-state index in [4.69, 9.17) is 0 Å². The molecule has 3 rings (SSSR count). The number of hydrogen-bond donors (Lipinski definition) is 0. The Morgan fingerprint density at radius 2 is 2.05 bits per heavy atom. The SMILES string of the molecule is Cc1cccc(F)c1C(=O)N1CC2(CCN(CC(C)C)C2)C1. The highest BCUT2D eigenvalue weighted by molar-refractivity contribution is 5.96. The fraction of sp³-hybridized carbons (Fsp3) is 0.611. The molecule has 0 N–H and O–H groups in total. The summed E-state index contributed by atoms with van der Waals surface area (Å²) in [6.07, 6.45) is 1.15. The second-order valence-electron chi connectivity index (χ2n) is 7.47. The van der Waals surface area contributed by atoms with Crippen LogP contribution in [0, 0.1) is 24.1 Å². The summed E-state index contributed by atoms with van der Waals surface area (Å²) >= 11 is 0. The minimum Gasteiger partial charge on any atom is -0.337 e. The molecule has 2 fully saturated rings. The Morgan fingerprint density at radius 1 is 1.32 bits per heavy atom. The number of carbonyl (C=O) groups is 1. The highest BCUT2D eigenvalue weighted by atomic mass is 19.1. The number of nitrogens with zero attached hydrogens (tertiary/aromatic N) is 2. The van der Waals surface area contributed by atoms with E-state index in [-0.39, 0.29) is 16.9 Å². The lowest BCUT2D eigenvalue weighted by molar-refractivity contribution is 0.00985. The number of carbonyl (C=O) groups excluding carboxylic acids is 1. The van der Waals surface area contributed by atoms with Crippen LogP contribution in [0.5, 0.6) is 0 Å². The van der Waals surface area contributed by atoms with Gasteiger partial charge in [-0.15, -0.1) is 0 Å². The average molecular weight is 304 g/mol. The van der Waals surface area contributed by atoms with E-state index >= 15 is 0 Å². The first-order valence-corrected chi connectivity index (χ1v) is 8.17. The minimum atomic E-state index is -0.404. The number of hydrogen-bond acceptors (Lipinski definition) is 2. The molecule has 120 valence electrons. The van der Waals surface area contributed by atoms with Crippen molar-refractivity contribution in [3.8, 4) is 0 Å². The quantitative estimate of drug-likeness (QED) is 0.857. The number of benzene rings is 1. The molecule has 2 aliphatic heterocycles. The van der Waals surface area contributed by atoms with E-state index in [9.17, 15) is 9.18 Å². The number of aryl methyl sites for hydroxylation is 1. The van der Waals surface area contributed by atoms with Crippen molar-refractivity contribution in [3.05, 3.63) is 35.1 Å². The van der Waals surface area contributed by atoms with Crippen molar-refractivity contribution in [1.82, 2.24) is 9.80 Å². The molecular weight excluding hydrogens is 279 g/mol. The minimum absolute atomic E-state index is 0.150. The lowest BCUT2D eigenvalue weighted by Crippen LogP contribution is -2.59. The zero-order valence-electron chi connectivity index (χ0n) is 13.7. The maximum absolute atomic E-state index is 13.9. The van der Waals surface area contributed by atoms with Gasteiger partial charge in [-0.3, -0.25) is 4.79 Å². The van der Waals surface area contributed by atoms with Gasteiger partial charge in [-0.1, -0.05) is 26.0 Å². The van der Waals surface area contributed by atoms with E-state index in [1.165, 1.54) is 6.07 Å². The molecule has 0 saturated carbocycles. The number of likely N-dealkylation sites (tertiary alicyclic amines) is 2. The lowest BCUT2D eigenvalue weighted by atomic mass is 9.78. The second-order valence-corrected chi connectivity index (χ2v) is 7.47. The molecule has 1 aromatic carbocycles. The molecule has 0 radical (unpaired) electrons. The van der Waals surface area contributed by atoms with Gasteiger partial charge in [-0.05, 0) is 37.4 Å². The molecule has 3 nitrogen and oxygen atoms in total. The number of rotatable bonds is 3. The first-order valence-electron chi connectivity index (χ1n) is 8.17. The van der Waals surface area contributed by atoms with Crippen molar-refractivity contribution >= 4 is 5.91 Å². The van der Waals surface area contributed by atoms with Crippen LogP contribution in [0.3, 0.4) is 0 Å². The molecule has 1 aromatic rings. The van der Waals surface area contributed by atoms with Gasteiger partial charge in [-0.2, -0.15) is 0 Å². The monoisotopic (exact) mass is 304 g/mol. The van der Waals surface area contributed by atoms with Gasteiger partial charge in [0.1, 0.15) is 5.82 Å². The van der Waals surface area contributed by atoms with Crippen LogP contribution in [-0.2, 0) is 0 Å². The summed E-state index contributed by atoms with van der Waals surface area (Å²) in [4.78, 5) is 16.9. The fourth-order valence-corrected chi connectivity index (χ4v) is 3.93. The van der Waals surface area contributed by atoms with Crippen molar-refractivity contribution in [2.45, 2.75) is 27.2 Å². The summed E-state index contributed by atoms with van der Waals surface area (Å²) in [6.45, 7) is 11.1.